The van der Waals surface area contributed by atoms with Crippen molar-refractivity contribution in [2.24, 2.45) is 11.8 Å². The number of hydrogen-bond acceptors (Lipinski definition) is 4. The minimum absolute atomic E-state index is 0.163. The predicted octanol–water partition coefficient (Wildman–Crippen LogP) is 7.30. The van der Waals surface area contributed by atoms with Gasteiger partial charge >= 0.3 is 5.97 Å². The summed E-state index contributed by atoms with van der Waals surface area (Å²) in [5, 5.41) is 13.2. The zero-order valence-corrected chi connectivity index (χ0v) is 23.2. The van der Waals surface area contributed by atoms with Gasteiger partial charge < -0.3 is 10.0 Å². The number of aliphatic carboxylic acids is 1. The molecule has 0 bridgehead atoms. The molecule has 1 amide bonds. The summed E-state index contributed by atoms with van der Waals surface area (Å²) >= 11 is 7.71. The molecule has 7 heteroatoms. The first-order valence-electron chi connectivity index (χ1n) is 13.2. The van der Waals surface area contributed by atoms with Crippen LogP contribution in [0, 0.1) is 18.8 Å². The summed E-state index contributed by atoms with van der Waals surface area (Å²) in [6.07, 6.45) is 4.45. The molecule has 3 aromatic rings. The van der Waals surface area contributed by atoms with E-state index in [1.807, 2.05) is 48.7 Å². The van der Waals surface area contributed by atoms with Crippen LogP contribution in [-0.2, 0) is 9.59 Å². The molecule has 2 heterocycles. The summed E-state index contributed by atoms with van der Waals surface area (Å²) in [6.45, 7) is 3.60. The fourth-order valence-electron chi connectivity index (χ4n) is 6.54. The Bertz CT molecular complexity index is 1350. The van der Waals surface area contributed by atoms with Crippen LogP contribution in [0.1, 0.15) is 77.3 Å². The highest BCUT2D eigenvalue weighted by molar-refractivity contribution is 7.10. The van der Waals surface area contributed by atoms with Crippen molar-refractivity contribution in [2.75, 3.05) is 0 Å². The van der Waals surface area contributed by atoms with Gasteiger partial charge in [-0.1, -0.05) is 78.9 Å². The number of halogens is 1. The Morgan fingerprint density at radius 2 is 1.74 bits per heavy atom. The van der Waals surface area contributed by atoms with E-state index in [2.05, 4.69) is 0 Å². The Labute approximate surface area is 232 Å². The van der Waals surface area contributed by atoms with Crippen LogP contribution in [0.3, 0.4) is 0 Å². The smallest absolute Gasteiger partial charge is 0.330 e. The molecule has 0 radical (unpaired) electrons. The van der Waals surface area contributed by atoms with Crippen molar-refractivity contribution in [2.45, 2.75) is 63.5 Å². The van der Waals surface area contributed by atoms with Crippen molar-refractivity contribution in [3.8, 4) is 0 Å². The molecule has 0 spiro atoms. The second-order valence-corrected chi connectivity index (χ2v) is 12.2. The number of ketones is 1. The van der Waals surface area contributed by atoms with Gasteiger partial charge in [-0.2, -0.15) is 0 Å². The Balaban J connectivity index is 1.77. The average molecular weight is 550 g/mol. The number of carboxylic acid groups (broad SMARTS) is 1. The number of carbonyl (C=O) groups excluding carboxylic acids is 2. The molecule has 1 aliphatic carbocycles. The summed E-state index contributed by atoms with van der Waals surface area (Å²) in [5.74, 6) is -3.25. The zero-order valence-electron chi connectivity index (χ0n) is 21.6. The number of nitrogens with zero attached hydrogens (tertiary/aromatic N) is 1. The molecule has 4 unspecified atom stereocenters. The number of amides is 1. The monoisotopic (exact) mass is 549 g/mol. The van der Waals surface area contributed by atoms with E-state index in [0.717, 1.165) is 48.1 Å². The second kappa shape index (κ2) is 10.7. The first-order chi connectivity index (χ1) is 18.2. The van der Waals surface area contributed by atoms with Gasteiger partial charge in [0.1, 0.15) is 5.54 Å². The predicted molar refractivity (Wildman–Crippen MR) is 150 cm³/mol. The molecule has 4 atom stereocenters. The fraction of sp³-hybridized carbons (Fsp3) is 0.387. The molecule has 38 heavy (non-hydrogen) atoms. The van der Waals surface area contributed by atoms with Gasteiger partial charge in [0.15, 0.2) is 5.78 Å². The van der Waals surface area contributed by atoms with E-state index >= 15 is 0 Å². The van der Waals surface area contributed by atoms with E-state index in [-0.39, 0.29) is 17.6 Å². The Morgan fingerprint density at radius 3 is 2.37 bits per heavy atom. The van der Waals surface area contributed by atoms with Crippen LogP contribution in [-0.4, -0.2) is 33.2 Å². The number of carbonyl (C=O) groups is 3. The topological polar surface area (TPSA) is 74.7 Å². The molecule has 1 saturated carbocycles. The molecule has 1 aromatic heterocycles. The maximum Gasteiger partial charge on any atom is 0.330 e. The van der Waals surface area contributed by atoms with Gasteiger partial charge in [-0.05, 0) is 55.8 Å². The number of hydrogen-bond donors (Lipinski definition) is 1. The summed E-state index contributed by atoms with van der Waals surface area (Å²) in [5.41, 5.74) is 0.563. The normalized spacial score (nSPS) is 25.9. The largest absolute Gasteiger partial charge is 0.479 e. The Morgan fingerprint density at radius 1 is 1.00 bits per heavy atom. The van der Waals surface area contributed by atoms with Gasteiger partial charge in [0.2, 0.25) is 5.91 Å². The van der Waals surface area contributed by atoms with Crippen molar-refractivity contribution >= 4 is 40.6 Å². The van der Waals surface area contributed by atoms with Gasteiger partial charge in [0.25, 0.3) is 0 Å². The first kappa shape index (κ1) is 26.6. The van der Waals surface area contributed by atoms with Crippen LogP contribution < -0.4 is 0 Å². The molecular formula is C31H32ClNO4S. The highest BCUT2D eigenvalue weighted by Crippen LogP contribution is 2.58. The number of likely N-dealkylation sites (tertiary alicyclic amines) is 1. The summed E-state index contributed by atoms with van der Waals surface area (Å²) in [4.78, 5) is 44.5. The van der Waals surface area contributed by atoms with Crippen molar-refractivity contribution in [3.63, 3.8) is 0 Å². The number of rotatable bonds is 6. The maximum absolute atomic E-state index is 14.4. The van der Waals surface area contributed by atoms with E-state index < -0.39 is 29.4 Å². The number of benzene rings is 2. The number of thiophene rings is 1. The van der Waals surface area contributed by atoms with Crippen molar-refractivity contribution in [1.82, 2.24) is 4.90 Å². The lowest BCUT2D eigenvalue weighted by molar-refractivity contribution is -0.160. The van der Waals surface area contributed by atoms with Crippen LogP contribution >= 0.6 is 22.9 Å². The quantitative estimate of drug-likeness (QED) is 0.327. The molecule has 198 valence electrons. The van der Waals surface area contributed by atoms with Crippen molar-refractivity contribution in [3.05, 3.63) is 92.6 Å². The molecule has 2 fully saturated rings. The molecule has 1 saturated heterocycles. The average Bonchev–Trinajstić information content (AvgIpc) is 3.53. The zero-order chi connectivity index (χ0) is 27.0. The van der Waals surface area contributed by atoms with Gasteiger partial charge in [0, 0.05) is 27.3 Å². The van der Waals surface area contributed by atoms with Gasteiger partial charge in [0.05, 0.1) is 12.0 Å². The van der Waals surface area contributed by atoms with Crippen LogP contribution in [0.15, 0.2) is 66.0 Å². The van der Waals surface area contributed by atoms with Crippen LogP contribution in [0.4, 0.5) is 0 Å². The lowest BCUT2D eigenvalue weighted by Crippen LogP contribution is -2.55. The third kappa shape index (κ3) is 4.58. The minimum Gasteiger partial charge on any atom is -0.479 e. The van der Waals surface area contributed by atoms with E-state index in [1.165, 1.54) is 11.3 Å². The maximum atomic E-state index is 14.4. The SMILES string of the molecule is Cc1cccc(C2C(C(=O)c3cccc(Cl)c3)C(c3cccs3)C(C)(C(=O)O)N2C(=O)C2CCCCC2)c1. The summed E-state index contributed by atoms with van der Waals surface area (Å²) in [7, 11) is 0. The van der Waals surface area contributed by atoms with Gasteiger partial charge in [-0.25, -0.2) is 4.79 Å². The first-order valence-corrected chi connectivity index (χ1v) is 14.5. The number of Topliss-reactive ketones (excluding diaryl/α,β-unsaturated/α-hetero) is 1. The highest BCUT2D eigenvalue weighted by atomic mass is 35.5. The van der Waals surface area contributed by atoms with Gasteiger partial charge in [-0.15, -0.1) is 11.3 Å². The van der Waals surface area contributed by atoms with Crippen molar-refractivity contribution in [1.29, 1.82) is 0 Å². The summed E-state index contributed by atoms with van der Waals surface area (Å²) in [6, 6.07) is 17.6. The minimum atomic E-state index is -1.62. The lowest BCUT2D eigenvalue weighted by Gasteiger charge is -2.40. The molecule has 2 aromatic carbocycles. The van der Waals surface area contributed by atoms with Crippen molar-refractivity contribution < 1.29 is 19.5 Å². The van der Waals surface area contributed by atoms with E-state index in [0.29, 0.717) is 10.6 Å². The van der Waals surface area contributed by atoms with Crippen LogP contribution in [0.2, 0.25) is 5.02 Å². The standard InChI is InChI=1S/C31H32ClNO4S/c1-19-9-6-12-21(17-19)27-25(28(34)22-13-7-14-23(32)18-22)26(24-15-8-16-38-24)31(2,30(36)37)33(27)29(35)20-10-4-3-5-11-20/h6-9,12-18,20,25-27H,3-5,10-11H2,1-2H3,(H,36,37). The lowest BCUT2D eigenvalue weighted by atomic mass is 9.74. The van der Waals surface area contributed by atoms with E-state index in [9.17, 15) is 19.5 Å². The van der Waals surface area contributed by atoms with E-state index in [1.54, 1.807) is 36.1 Å². The number of carboxylic acids is 1. The third-order valence-electron chi connectivity index (χ3n) is 8.35. The Kier molecular flexibility index (Phi) is 7.47. The number of aryl methyl sites for hydroxylation is 1. The highest BCUT2D eigenvalue weighted by Gasteiger charge is 2.65. The summed E-state index contributed by atoms with van der Waals surface area (Å²) < 4.78 is 0. The molecule has 2 aliphatic rings. The Hall–Kier alpha value is -2.96. The third-order valence-corrected chi connectivity index (χ3v) is 9.54. The van der Waals surface area contributed by atoms with Gasteiger partial charge in [-0.3, -0.25) is 9.59 Å². The molecule has 5 rings (SSSR count). The van der Waals surface area contributed by atoms with Crippen LogP contribution in [0.25, 0.3) is 0 Å². The van der Waals surface area contributed by atoms with E-state index in [4.69, 9.17) is 11.6 Å². The molecule has 5 nitrogen and oxygen atoms in total. The second-order valence-electron chi connectivity index (χ2n) is 10.7. The van der Waals surface area contributed by atoms with Crippen LogP contribution in [0.5, 0.6) is 0 Å². The fourth-order valence-corrected chi connectivity index (χ4v) is 7.73. The molecule has 1 N–H and O–H groups in total. The molecule has 1 aliphatic heterocycles. The molecular weight excluding hydrogens is 518 g/mol.